The zero-order valence-electron chi connectivity index (χ0n) is 18.0. The smallest absolute Gasteiger partial charge is 0.319 e. The number of hydrogen-bond donors (Lipinski definition) is 4. The molecule has 2 amide bonds. The third-order valence-electron chi connectivity index (χ3n) is 4.73. The summed E-state index contributed by atoms with van der Waals surface area (Å²) in [4.78, 5) is 25.3. The van der Waals surface area contributed by atoms with Crippen LogP contribution in [-0.2, 0) is 0 Å². The fraction of sp³-hybridized carbons (Fsp3) is 0.167. The molecule has 2 aromatic heterocycles. The molecule has 4 N–H and O–H groups in total. The fourth-order valence-electron chi connectivity index (χ4n) is 3.27. The van der Waals surface area contributed by atoms with E-state index in [1.54, 1.807) is 6.20 Å². The lowest BCUT2D eigenvalue weighted by atomic mass is 10.1. The standard InChI is InChI=1S/C24H25N7O/c1-16-9-10-25-21(13-16)31-23-15-22(28-17(2)29-23)26-11-12-27-24(32)30-20-8-7-18-5-3-4-6-19(18)14-20/h3-10,13-15H,11-12H2,1-2H3,(H2,27,30,32)(H2,25,26,28,29,31). The molecule has 8 heteroatoms. The fourth-order valence-corrected chi connectivity index (χ4v) is 3.27. The van der Waals surface area contributed by atoms with Crippen LogP contribution in [0.4, 0.5) is 27.9 Å². The molecule has 2 aromatic carbocycles. The lowest BCUT2D eigenvalue weighted by Gasteiger charge is -2.11. The van der Waals surface area contributed by atoms with Crippen molar-refractivity contribution in [3.8, 4) is 0 Å². The van der Waals surface area contributed by atoms with Crippen LogP contribution in [0, 0.1) is 13.8 Å². The maximum atomic E-state index is 12.2. The summed E-state index contributed by atoms with van der Waals surface area (Å²) in [7, 11) is 0. The highest BCUT2D eigenvalue weighted by Crippen LogP contribution is 2.19. The summed E-state index contributed by atoms with van der Waals surface area (Å²) in [5, 5.41) is 14.3. The Labute approximate surface area is 186 Å². The normalized spacial score (nSPS) is 10.6. The number of amides is 2. The molecular weight excluding hydrogens is 402 g/mol. The molecule has 162 valence electrons. The molecule has 0 saturated carbocycles. The molecule has 0 aliphatic rings. The second kappa shape index (κ2) is 9.74. The second-order valence-electron chi connectivity index (χ2n) is 7.40. The van der Waals surface area contributed by atoms with Crippen molar-refractivity contribution in [1.82, 2.24) is 20.3 Å². The van der Waals surface area contributed by atoms with E-state index in [0.717, 1.165) is 27.8 Å². The summed E-state index contributed by atoms with van der Waals surface area (Å²) in [5.74, 6) is 2.68. The van der Waals surface area contributed by atoms with Crippen molar-refractivity contribution in [2.75, 3.05) is 29.0 Å². The summed E-state index contributed by atoms with van der Waals surface area (Å²) in [6, 6.07) is 19.3. The molecule has 4 rings (SSSR count). The van der Waals surface area contributed by atoms with Crippen molar-refractivity contribution in [2.24, 2.45) is 0 Å². The predicted molar refractivity (Wildman–Crippen MR) is 128 cm³/mol. The number of urea groups is 1. The van der Waals surface area contributed by atoms with E-state index in [4.69, 9.17) is 0 Å². The van der Waals surface area contributed by atoms with E-state index in [2.05, 4.69) is 36.2 Å². The van der Waals surface area contributed by atoms with Gasteiger partial charge in [0.05, 0.1) is 0 Å². The Hall–Kier alpha value is -4.20. The number of fused-ring (bicyclic) bond motifs is 1. The van der Waals surface area contributed by atoms with E-state index in [-0.39, 0.29) is 6.03 Å². The van der Waals surface area contributed by atoms with Crippen molar-refractivity contribution >= 4 is 39.9 Å². The number of benzene rings is 2. The van der Waals surface area contributed by atoms with Gasteiger partial charge in [-0.15, -0.1) is 0 Å². The number of pyridine rings is 1. The third kappa shape index (κ3) is 5.69. The number of carbonyl (C=O) groups is 1. The van der Waals surface area contributed by atoms with Gasteiger partial charge in [0.25, 0.3) is 0 Å². The first-order valence-corrected chi connectivity index (χ1v) is 10.4. The van der Waals surface area contributed by atoms with Crippen LogP contribution in [0.25, 0.3) is 10.8 Å². The lowest BCUT2D eigenvalue weighted by molar-refractivity contribution is 0.252. The molecule has 0 atom stereocenters. The van der Waals surface area contributed by atoms with Gasteiger partial charge in [-0.1, -0.05) is 30.3 Å². The van der Waals surface area contributed by atoms with Gasteiger partial charge in [0.2, 0.25) is 0 Å². The molecule has 0 spiro atoms. The number of aryl methyl sites for hydroxylation is 2. The average molecular weight is 428 g/mol. The first-order chi connectivity index (χ1) is 15.5. The SMILES string of the molecule is Cc1ccnc(Nc2cc(NCCNC(=O)Nc3ccc4ccccc4c3)nc(C)n2)c1. The van der Waals surface area contributed by atoms with Crippen molar-refractivity contribution in [3.05, 3.63) is 78.2 Å². The quantitative estimate of drug-likeness (QED) is 0.321. The molecule has 0 radical (unpaired) electrons. The van der Waals surface area contributed by atoms with Gasteiger partial charge in [0.15, 0.2) is 0 Å². The molecule has 0 fully saturated rings. The predicted octanol–water partition coefficient (Wildman–Crippen LogP) is 4.62. The highest BCUT2D eigenvalue weighted by Gasteiger charge is 2.05. The molecule has 4 aromatic rings. The minimum atomic E-state index is -0.256. The van der Waals surface area contributed by atoms with Gasteiger partial charge >= 0.3 is 6.03 Å². The Kier molecular flexibility index (Phi) is 6.41. The summed E-state index contributed by atoms with van der Waals surface area (Å²) >= 11 is 0. The minimum Gasteiger partial charge on any atom is -0.368 e. The van der Waals surface area contributed by atoms with Crippen LogP contribution in [-0.4, -0.2) is 34.1 Å². The Morgan fingerprint density at radius 2 is 1.66 bits per heavy atom. The number of hydrogen-bond acceptors (Lipinski definition) is 6. The molecule has 0 saturated heterocycles. The van der Waals surface area contributed by atoms with Crippen molar-refractivity contribution in [1.29, 1.82) is 0 Å². The van der Waals surface area contributed by atoms with Crippen LogP contribution < -0.4 is 21.3 Å². The molecule has 2 heterocycles. The first kappa shape index (κ1) is 21.0. The van der Waals surface area contributed by atoms with Gasteiger partial charge in [0.1, 0.15) is 23.3 Å². The monoisotopic (exact) mass is 427 g/mol. The Morgan fingerprint density at radius 1 is 0.844 bits per heavy atom. The molecule has 0 aliphatic heterocycles. The number of carbonyl (C=O) groups excluding carboxylic acids is 1. The first-order valence-electron chi connectivity index (χ1n) is 10.4. The third-order valence-corrected chi connectivity index (χ3v) is 4.73. The maximum Gasteiger partial charge on any atom is 0.319 e. The number of nitrogens with zero attached hydrogens (tertiary/aromatic N) is 3. The van der Waals surface area contributed by atoms with Crippen molar-refractivity contribution in [2.45, 2.75) is 13.8 Å². The van der Waals surface area contributed by atoms with Crippen molar-refractivity contribution < 1.29 is 4.79 Å². The Morgan fingerprint density at radius 3 is 2.50 bits per heavy atom. The lowest BCUT2D eigenvalue weighted by Crippen LogP contribution is -2.32. The topological polar surface area (TPSA) is 104 Å². The average Bonchev–Trinajstić information content (AvgIpc) is 2.76. The molecular formula is C24H25N7O. The van der Waals surface area contributed by atoms with Crippen LogP contribution in [0.1, 0.15) is 11.4 Å². The summed E-state index contributed by atoms with van der Waals surface area (Å²) in [6.45, 7) is 4.79. The van der Waals surface area contributed by atoms with Gasteiger partial charge < -0.3 is 21.3 Å². The van der Waals surface area contributed by atoms with Crippen molar-refractivity contribution in [3.63, 3.8) is 0 Å². The zero-order chi connectivity index (χ0) is 22.3. The number of aromatic nitrogens is 3. The number of anilines is 4. The number of rotatable bonds is 7. The van der Waals surface area contributed by atoms with E-state index in [0.29, 0.717) is 30.5 Å². The largest absolute Gasteiger partial charge is 0.368 e. The summed E-state index contributed by atoms with van der Waals surface area (Å²) in [6.07, 6.45) is 1.75. The Balaban J connectivity index is 1.27. The highest BCUT2D eigenvalue weighted by molar-refractivity contribution is 5.93. The molecule has 32 heavy (non-hydrogen) atoms. The molecule has 8 nitrogen and oxygen atoms in total. The van der Waals surface area contributed by atoms with E-state index in [9.17, 15) is 4.79 Å². The number of nitrogens with one attached hydrogen (secondary N) is 4. The van der Waals surface area contributed by atoms with E-state index < -0.39 is 0 Å². The van der Waals surface area contributed by atoms with Gasteiger partial charge in [0, 0.05) is 31.0 Å². The molecule has 0 unspecified atom stereocenters. The van der Waals surface area contributed by atoms with E-state index >= 15 is 0 Å². The van der Waals surface area contributed by atoms with Crippen LogP contribution in [0.5, 0.6) is 0 Å². The minimum absolute atomic E-state index is 0.256. The van der Waals surface area contributed by atoms with E-state index in [1.807, 2.05) is 74.5 Å². The second-order valence-corrected chi connectivity index (χ2v) is 7.40. The van der Waals surface area contributed by atoms with Gasteiger partial charge in [-0.2, -0.15) is 0 Å². The Bertz CT molecular complexity index is 1240. The van der Waals surface area contributed by atoms with E-state index in [1.165, 1.54) is 0 Å². The molecule has 0 bridgehead atoms. The van der Waals surface area contributed by atoms with Crippen LogP contribution in [0.2, 0.25) is 0 Å². The van der Waals surface area contributed by atoms with Gasteiger partial charge in [-0.3, -0.25) is 0 Å². The molecule has 0 aliphatic carbocycles. The van der Waals surface area contributed by atoms with Gasteiger partial charge in [-0.25, -0.2) is 19.7 Å². The maximum absolute atomic E-state index is 12.2. The summed E-state index contributed by atoms with van der Waals surface area (Å²) in [5.41, 5.74) is 1.86. The van der Waals surface area contributed by atoms with Crippen LogP contribution >= 0.6 is 0 Å². The van der Waals surface area contributed by atoms with Crippen LogP contribution in [0.3, 0.4) is 0 Å². The summed E-state index contributed by atoms with van der Waals surface area (Å²) < 4.78 is 0. The zero-order valence-corrected chi connectivity index (χ0v) is 18.0. The highest BCUT2D eigenvalue weighted by atomic mass is 16.2. The van der Waals surface area contributed by atoms with Crippen LogP contribution in [0.15, 0.2) is 66.9 Å². The van der Waals surface area contributed by atoms with Gasteiger partial charge in [-0.05, 0) is 54.4 Å².